The highest BCUT2D eigenvalue weighted by Gasteiger charge is 2.34. The lowest BCUT2D eigenvalue weighted by Crippen LogP contribution is -2.33. The maximum Gasteiger partial charge on any atom is 0.325 e. The number of hydrogen-bond acceptors (Lipinski definition) is 5. The van der Waals surface area contributed by atoms with Crippen LogP contribution in [0.3, 0.4) is 0 Å². The SMILES string of the molecule is CN(C1CCCc2c1cnn2CC(=O)O)S(=O)(=O)c1ccc(Oc2ccc(Cl)cc2)c(F)c1. The van der Waals surface area contributed by atoms with Gasteiger partial charge in [-0.25, -0.2) is 12.8 Å². The molecule has 2 aromatic carbocycles. The molecule has 8 nitrogen and oxygen atoms in total. The van der Waals surface area contributed by atoms with Gasteiger partial charge in [0, 0.05) is 23.3 Å². The van der Waals surface area contributed by atoms with E-state index in [1.165, 1.54) is 34.4 Å². The number of nitrogens with zero attached hydrogens (tertiary/aromatic N) is 3. The van der Waals surface area contributed by atoms with E-state index in [2.05, 4.69) is 5.10 Å². The van der Waals surface area contributed by atoms with Crippen LogP contribution in [-0.4, -0.2) is 40.6 Å². The quantitative estimate of drug-likeness (QED) is 0.528. The molecule has 11 heteroatoms. The normalized spacial score (nSPS) is 15.9. The van der Waals surface area contributed by atoms with Crippen molar-refractivity contribution < 1.29 is 27.4 Å². The molecule has 4 rings (SSSR count). The minimum absolute atomic E-state index is 0.117. The van der Waals surface area contributed by atoms with Crippen molar-refractivity contribution in [3.8, 4) is 11.5 Å². The molecule has 33 heavy (non-hydrogen) atoms. The minimum atomic E-state index is -4.05. The minimum Gasteiger partial charge on any atom is -0.480 e. The lowest BCUT2D eigenvalue weighted by Gasteiger charge is -2.31. The summed E-state index contributed by atoms with van der Waals surface area (Å²) in [5.74, 6) is -1.61. The molecule has 0 spiro atoms. The van der Waals surface area contributed by atoms with Gasteiger partial charge in [-0.3, -0.25) is 9.48 Å². The zero-order valence-electron chi connectivity index (χ0n) is 17.6. The van der Waals surface area contributed by atoms with E-state index in [0.717, 1.165) is 6.07 Å². The highest BCUT2D eigenvalue weighted by Crippen LogP contribution is 2.37. The van der Waals surface area contributed by atoms with Crippen molar-refractivity contribution in [2.75, 3.05) is 7.05 Å². The molecule has 0 aliphatic heterocycles. The topological polar surface area (TPSA) is 102 Å². The Morgan fingerprint density at radius 2 is 2.03 bits per heavy atom. The van der Waals surface area contributed by atoms with Gasteiger partial charge in [0.1, 0.15) is 12.3 Å². The van der Waals surface area contributed by atoms with Crippen molar-refractivity contribution >= 4 is 27.6 Å². The molecule has 1 atom stereocenters. The van der Waals surface area contributed by atoms with E-state index in [4.69, 9.17) is 21.4 Å². The molecule has 1 aliphatic carbocycles. The summed E-state index contributed by atoms with van der Waals surface area (Å²) in [4.78, 5) is 10.9. The Labute approximate surface area is 195 Å². The van der Waals surface area contributed by atoms with Crippen LogP contribution in [0.2, 0.25) is 5.02 Å². The van der Waals surface area contributed by atoms with E-state index in [9.17, 15) is 17.6 Å². The number of sulfonamides is 1. The Morgan fingerprint density at radius 3 is 2.70 bits per heavy atom. The van der Waals surface area contributed by atoms with Crippen LogP contribution in [-0.2, 0) is 27.8 Å². The van der Waals surface area contributed by atoms with E-state index < -0.39 is 27.9 Å². The molecule has 1 aliphatic rings. The highest BCUT2D eigenvalue weighted by atomic mass is 35.5. The summed E-state index contributed by atoms with van der Waals surface area (Å²) in [6.45, 7) is -0.293. The summed E-state index contributed by atoms with van der Waals surface area (Å²) >= 11 is 5.83. The van der Waals surface area contributed by atoms with Crippen molar-refractivity contribution in [1.82, 2.24) is 14.1 Å². The largest absolute Gasteiger partial charge is 0.480 e. The fourth-order valence-electron chi connectivity index (χ4n) is 3.93. The first-order valence-electron chi connectivity index (χ1n) is 10.1. The number of aliphatic carboxylic acids is 1. The van der Waals surface area contributed by atoms with Gasteiger partial charge >= 0.3 is 5.97 Å². The van der Waals surface area contributed by atoms with Gasteiger partial charge in [0.25, 0.3) is 0 Å². The molecule has 1 heterocycles. The number of carboxylic acids is 1. The molecule has 0 saturated carbocycles. The monoisotopic (exact) mass is 493 g/mol. The third-order valence-electron chi connectivity index (χ3n) is 5.58. The molecule has 0 bridgehead atoms. The summed E-state index contributed by atoms with van der Waals surface area (Å²) in [7, 11) is -2.62. The molecule has 0 saturated heterocycles. The molecule has 3 aromatic rings. The second-order valence-electron chi connectivity index (χ2n) is 7.68. The van der Waals surface area contributed by atoms with Gasteiger partial charge < -0.3 is 9.84 Å². The van der Waals surface area contributed by atoms with E-state index >= 15 is 0 Å². The summed E-state index contributed by atoms with van der Waals surface area (Å²) in [5.41, 5.74) is 1.37. The van der Waals surface area contributed by atoms with Crippen LogP contribution in [0.4, 0.5) is 4.39 Å². The fourth-order valence-corrected chi connectivity index (χ4v) is 5.43. The van der Waals surface area contributed by atoms with Gasteiger partial charge in [-0.1, -0.05) is 11.6 Å². The first-order chi connectivity index (χ1) is 15.7. The smallest absolute Gasteiger partial charge is 0.325 e. The summed E-state index contributed by atoms with van der Waals surface area (Å²) in [5, 5.41) is 13.7. The molecular formula is C22H21ClFN3O5S. The van der Waals surface area contributed by atoms with Crippen LogP contribution in [0.1, 0.15) is 30.1 Å². The van der Waals surface area contributed by atoms with Crippen LogP contribution < -0.4 is 4.74 Å². The number of carbonyl (C=O) groups is 1. The second kappa shape index (κ2) is 9.12. The Morgan fingerprint density at radius 1 is 1.30 bits per heavy atom. The van der Waals surface area contributed by atoms with E-state index in [1.54, 1.807) is 24.3 Å². The Hall–Kier alpha value is -2.95. The van der Waals surface area contributed by atoms with Crippen molar-refractivity contribution in [3.63, 3.8) is 0 Å². The van der Waals surface area contributed by atoms with Gasteiger partial charge in [0.05, 0.1) is 17.1 Å². The molecule has 1 unspecified atom stereocenters. The molecule has 0 radical (unpaired) electrons. The predicted molar refractivity (Wildman–Crippen MR) is 118 cm³/mol. The number of benzene rings is 2. The van der Waals surface area contributed by atoms with Gasteiger partial charge in [0.2, 0.25) is 10.0 Å². The van der Waals surface area contributed by atoms with Crippen LogP contribution in [0.15, 0.2) is 53.6 Å². The van der Waals surface area contributed by atoms with E-state index in [0.29, 0.717) is 41.3 Å². The van der Waals surface area contributed by atoms with Crippen molar-refractivity contribution in [2.45, 2.75) is 36.7 Å². The maximum atomic E-state index is 14.7. The first-order valence-corrected chi connectivity index (χ1v) is 12.0. The lowest BCUT2D eigenvalue weighted by atomic mass is 9.93. The molecule has 0 fully saturated rings. The van der Waals surface area contributed by atoms with Crippen molar-refractivity contribution in [2.24, 2.45) is 0 Å². The Kier molecular flexibility index (Phi) is 6.42. The number of fused-ring (bicyclic) bond motifs is 1. The third kappa shape index (κ3) is 4.73. The number of carboxylic acid groups (broad SMARTS) is 1. The van der Waals surface area contributed by atoms with Gasteiger partial charge in [-0.2, -0.15) is 9.40 Å². The van der Waals surface area contributed by atoms with Crippen LogP contribution >= 0.6 is 11.6 Å². The average Bonchev–Trinajstić information content (AvgIpc) is 3.18. The number of hydrogen-bond donors (Lipinski definition) is 1. The second-order valence-corrected chi connectivity index (χ2v) is 10.1. The molecular weight excluding hydrogens is 473 g/mol. The third-order valence-corrected chi connectivity index (χ3v) is 7.69. The molecule has 1 aromatic heterocycles. The first kappa shape index (κ1) is 23.2. The summed E-state index contributed by atoms with van der Waals surface area (Å²) in [6, 6.07) is 9.29. The van der Waals surface area contributed by atoms with Crippen LogP contribution in [0, 0.1) is 5.82 Å². The average molecular weight is 494 g/mol. The summed E-state index contributed by atoms with van der Waals surface area (Å²) < 4.78 is 49.3. The highest BCUT2D eigenvalue weighted by molar-refractivity contribution is 7.89. The summed E-state index contributed by atoms with van der Waals surface area (Å²) in [6.07, 6.45) is 3.34. The van der Waals surface area contributed by atoms with Gasteiger partial charge in [0.15, 0.2) is 11.6 Å². The number of halogens is 2. The Bertz CT molecular complexity index is 1290. The predicted octanol–water partition coefficient (Wildman–Crippen LogP) is 4.25. The standard InChI is InChI=1S/C22H21ClFN3O5S/c1-26(19-3-2-4-20-17(19)12-25-27(20)13-22(28)29)33(30,31)16-9-10-21(18(24)11-16)32-15-7-5-14(23)6-8-15/h5-12,19H,2-4,13H2,1H3,(H,28,29). The number of aromatic nitrogens is 2. The fraction of sp³-hybridized carbons (Fsp3) is 0.273. The van der Waals surface area contributed by atoms with Crippen molar-refractivity contribution in [1.29, 1.82) is 0 Å². The van der Waals surface area contributed by atoms with Crippen molar-refractivity contribution in [3.05, 3.63) is 70.8 Å². The van der Waals surface area contributed by atoms with Crippen LogP contribution in [0.5, 0.6) is 11.5 Å². The van der Waals surface area contributed by atoms with E-state index in [-0.39, 0.29) is 17.2 Å². The molecule has 1 N–H and O–H groups in total. The number of ether oxygens (including phenoxy) is 1. The zero-order valence-corrected chi connectivity index (χ0v) is 19.2. The molecule has 0 amide bonds. The van der Waals surface area contributed by atoms with Gasteiger partial charge in [-0.15, -0.1) is 0 Å². The lowest BCUT2D eigenvalue weighted by molar-refractivity contribution is -0.137. The Balaban J connectivity index is 1.58. The van der Waals surface area contributed by atoms with Gasteiger partial charge in [-0.05, 0) is 61.7 Å². The maximum absolute atomic E-state index is 14.7. The van der Waals surface area contributed by atoms with Crippen LogP contribution in [0.25, 0.3) is 0 Å². The van der Waals surface area contributed by atoms with E-state index in [1.807, 2.05) is 0 Å². The molecule has 174 valence electrons. The number of rotatable bonds is 7. The zero-order chi connectivity index (χ0) is 23.8.